The van der Waals surface area contributed by atoms with Crippen molar-refractivity contribution in [1.82, 2.24) is 15.6 Å². The molecule has 1 heterocycles. The first-order valence-corrected chi connectivity index (χ1v) is 6.26. The molecule has 0 aliphatic rings. The zero-order chi connectivity index (χ0) is 12.9. The fourth-order valence-corrected chi connectivity index (χ4v) is 1.54. The smallest absolute Gasteiger partial charge is 0.0313 e. The van der Waals surface area contributed by atoms with Crippen LogP contribution < -0.4 is 10.6 Å². The number of nitrogens with one attached hydrogen (secondary N) is 2. The number of hydrogen-bond acceptors (Lipinski definition) is 3. The van der Waals surface area contributed by atoms with Crippen molar-refractivity contribution < 1.29 is 0 Å². The van der Waals surface area contributed by atoms with E-state index in [1.54, 1.807) is 0 Å². The molecule has 0 aromatic carbocycles. The highest BCUT2D eigenvalue weighted by Gasteiger charge is 2.10. The third-order valence-electron chi connectivity index (χ3n) is 2.52. The summed E-state index contributed by atoms with van der Waals surface area (Å²) < 4.78 is 0. The Morgan fingerprint density at radius 3 is 2.59 bits per heavy atom. The molecule has 1 atom stereocenters. The normalized spacial score (nSPS) is 13.7. The van der Waals surface area contributed by atoms with Crippen LogP contribution in [0.15, 0.2) is 18.5 Å². The quantitative estimate of drug-likeness (QED) is 0.822. The molecule has 3 heteroatoms. The molecule has 0 amide bonds. The van der Waals surface area contributed by atoms with Gasteiger partial charge in [-0.05, 0) is 45.7 Å². The minimum atomic E-state index is 0.181. The summed E-state index contributed by atoms with van der Waals surface area (Å²) in [5, 5.41) is 6.99. The molecule has 1 aromatic rings. The van der Waals surface area contributed by atoms with Crippen LogP contribution in [0, 0.1) is 6.92 Å². The number of pyridine rings is 1. The van der Waals surface area contributed by atoms with E-state index >= 15 is 0 Å². The lowest BCUT2D eigenvalue weighted by Crippen LogP contribution is -2.44. The van der Waals surface area contributed by atoms with Crippen molar-refractivity contribution >= 4 is 0 Å². The van der Waals surface area contributed by atoms with Gasteiger partial charge in [0, 0.05) is 37.1 Å². The van der Waals surface area contributed by atoms with Crippen molar-refractivity contribution in [3.63, 3.8) is 0 Å². The first-order chi connectivity index (χ1) is 7.87. The molecular weight excluding hydrogens is 210 g/mol. The minimum absolute atomic E-state index is 0.181. The Labute approximate surface area is 105 Å². The maximum absolute atomic E-state index is 4.19. The van der Waals surface area contributed by atoms with Crippen molar-refractivity contribution in [3.8, 4) is 0 Å². The van der Waals surface area contributed by atoms with Gasteiger partial charge in [0.25, 0.3) is 0 Å². The van der Waals surface area contributed by atoms with E-state index in [0.29, 0.717) is 6.04 Å². The first-order valence-electron chi connectivity index (χ1n) is 6.26. The van der Waals surface area contributed by atoms with Crippen LogP contribution in [0.2, 0.25) is 0 Å². The lowest BCUT2D eigenvalue weighted by atomic mass is 10.1. The summed E-state index contributed by atoms with van der Waals surface area (Å²) in [4.78, 5) is 4.19. The Kier molecular flexibility index (Phi) is 5.09. The standard InChI is InChI=1S/C14H25N3/c1-11-6-13(9-15-7-11)10-16-12(2)8-17-14(3,4)5/h6-7,9,12,16-17H,8,10H2,1-5H3. The van der Waals surface area contributed by atoms with Gasteiger partial charge in [-0.2, -0.15) is 0 Å². The lowest BCUT2D eigenvalue weighted by molar-refractivity contribution is 0.387. The second-order valence-electron chi connectivity index (χ2n) is 5.78. The van der Waals surface area contributed by atoms with Gasteiger partial charge in [0.2, 0.25) is 0 Å². The highest BCUT2D eigenvalue weighted by atomic mass is 15.0. The van der Waals surface area contributed by atoms with Gasteiger partial charge >= 0.3 is 0 Å². The highest BCUT2D eigenvalue weighted by molar-refractivity contribution is 5.16. The first kappa shape index (κ1) is 14.1. The molecule has 2 N–H and O–H groups in total. The molecule has 0 spiro atoms. The van der Waals surface area contributed by atoms with Gasteiger partial charge in [0.15, 0.2) is 0 Å². The van der Waals surface area contributed by atoms with Crippen molar-refractivity contribution in [2.24, 2.45) is 0 Å². The average molecular weight is 235 g/mol. The predicted octanol–water partition coefficient (Wildman–Crippen LogP) is 2.26. The van der Waals surface area contributed by atoms with Crippen LogP contribution in [0.25, 0.3) is 0 Å². The van der Waals surface area contributed by atoms with E-state index in [2.05, 4.69) is 56.3 Å². The Hall–Kier alpha value is -0.930. The topological polar surface area (TPSA) is 37.0 Å². The number of hydrogen-bond donors (Lipinski definition) is 2. The monoisotopic (exact) mass is 235 g/mol. The Morgan fingerprint density at radius 1 is 1.29 bits per heavy atom. The second kappa shape index (κ2) is 6.12. The van der Waals surface area contributed by atoms with Crippen LogP contribution in [-0.4, -0.2) is 23.1 Å². The Balaban J connectivity index is 2.31. The molecule has 1 aromatic heterocycles. The van der Waals surface area contributed by atoms with Crippen molar-refractivity contribution in [1.29, 1.82) is 0 Å². The lowest BCUT2D eigenvalue weighted by Gasteiger charge is -2.24. The van der Waals surface area contributed by atoms with E-state index in [1.165, 1.54) is 11.1 Å². The van der Waals surface area contributed by atoms with E-state index in [4.69, 9.17) is 0 Å². The molecule has 1 unspecified atom stereocenters. The minimum Gasteiger partial charge on any atom is -0.311 e. The summed E-state index contributed by atoms with van der Waals surface area (Å²) >= 11 is 0. The van der Waals surface area contributed by atoms with Crippen LogP contribution in [0.1, 0.15) is 38.8 Å². The molecule has 0 saturated heterocycles. The van der Waals surface area contributed by atoms with Gasteiger partial charge in [0.05, 0.1) is 0 Å². The maximum Gasteiger partial charge on any atom is 0.0313 e. The number of nitrogens with zero attached hydrogens (tertiary/aromatic N) is 1. The summed E-state index contributed by atoms with van der Waals surface area (Å²) in [6.45, 7) is 12.7. The number of aryl methyl sites for hydroxylation is 1. The molecule has 0 fully saturated rings. The molecule has 0 bridgehead atoms. The number of rotatable bonds is 5. The van der Waals surface area contributed by atoms with E-state index in [-0.39, 0.29) is 5.54 Å². The SMILES string of the molecule is Cc1cncc(CNC(C)CNC(C)(C)C)c1. The Morgan fingerprint density at radius 2 is 2.00 bits per heavy atom. The maximum atomic E-state index is 4.19. The van der Waals surface area contributed by atoms with E-state index in [9.17, 15) is 0 Å². The summed E-state index contributed by atoms with van der Waals surface area (Å²) in [5.74, 6) is 0. The Bertz CT molecular complexity index is 342. The largest absolute Gasteiger partial charge is 0.311 e. The molecule has 17 heavy (non-hydrogen) atoms. The molecule has 3 nitrogen and oxygen atoms in total. The summed E-state index contributed by atoms with van der Waals surface area (Å²) in [5.41, 5.74) is 2.64. The van der Waals surface area contributed by atoms with Gasteiger partial charge in [0.1, 0.15) is 0 Å². The van der Waals surface area contributed by atoms with Crippen LogP contribution in [0.5, 0.6) is 0 Å². The van der Waals surface area contributed by atoms with Crippen molar-refractivity contribution in [3.05, 3.63) is 29.6 Å². The summed E-state index contributed by atoms with van der Waals surface area (Å²) in [6, 6.07) is 2.62. The van der Waals surface area contributed by atoms with E-state index < -0.39 is 0 Å². The molecule has 0 aliphatic carbocycles. The molecule has 0 radical (unpaired) electrons. The van der Waals surface area contributed by atoms with Gasteiger partial charge in [-0.15, -0.1) is 0 Å². The van der Waals surface area contributed by atoms with Crippen LogP contribution in [-0.2, 0) is 6.54 Å². The number of aromatic nitrogens is 1. The van der Waals surface area contributed by atoms with Gasteiger partial charge in [-0.1, -0.05) is 6.07 Å². The fraction of sp³-hybridized carbons (Fsp3) is 0.643. The van der Waals surface area contributed by atoms with Gasteiger partial charge < -0.3 is 10.6 Å². The van der Waals surface area contributed by atoms with E-state index in [0.717, 1.165) is 13.1 Å². The van der Waals surface area contributed by atoms with Crippen LogP contribution in [0.3, 0.4) is 0 Å². The van der Waals surface area contributed by atoms with E-state index in [1.807, 2.05) is 12.4 Å². The van der Waals surface area contributed by atoms with Gasteiger partial charge in [-0.25, -0.2) is 0 Å². The third kappa shape index (κ3) is 6.39. The van der Waals surface area contributed by atoms with Crippen molar-refractivity contribution in [2.75, 3.05) is 6.54 Å². The predicted molar refractivity (Wildman–Crippen MR) is 73.0 cm³/mol. The van der Waals surface area contributed by atoms with Gasteiger partial charge in [-0.3, -0.25) is 4.98 Å². The summed E-state index contributed by atoms with van der Waals surface area (Å²) in [6.07, 6.45) is 3.80. The van der Waals surface area contributed by atoms with Crippen LogP contribution in [0.4, 0.5) is 0 Å². The molecular formula is C14H25N3. The van der Waals surface area contributed by atoms with Crippen LogP contribution >= 0.6 is 0 Å². The fourth-order valence-electron chi connectivity index (χ4n) is 1.54. The zero-order valence-electron chi connectivity index (χ0n) is 11.7. The molecule has 0 saturated carbocycles. The summed E-state index contributed by atoms with van der Waals surface area (Å²) in [7, 11) is 0. The average Bonchev–Trinajstić information content (AvgIpc) is 2.23. The molecule has 1 rings (SSSR count). The third-order valence-corrected chi connectivity index (χ3v) is 2.52. The molecule has 0 aliphatic heterocycles. The molecule has 96 valence electrons. The zero-order valence-corrected chi connectivity index (χ0v) is 11.7. The second-order valence-corrected chi connectivity index (χ2v) is 5.78. The van der Waals surface area contributed by atoms with Crippen molar-refractivity contribution in [2.45, 2.75) is 52.7 Å². The highest BCUT2D eigenvalue weighted by Crippen LogP contribution is 2.02.